The van der Waals surface area contributed by atoms with Crippen LogP contribution >= 0.6 is 0 Å². The van der Waals surface area contributed by atoms with Gasteiger partial charge in [-0.1, -0.05) is 18.2 Å². The zero-order chi connectivity index (χ0) is 14.5. The fourth-order valence-corrected chi connectivity index (χ4v) is 2.07. The molecule has 0 aliphatic heterocycles. The molecule has 1 heterocycles. The summed E-state index contributed by atoms with van der Waals surface area (Å²) in [6.45, 7) is 2.68. The van der Waals surface area contributed by atoms with Crippen LogP contribution in [0.4, 0.5) is 0 Å². The fourth-order valence-electron chi connectivity index (χ4n) is 2.07. The van der Waals surface area contributed by atoms with Gasteiger partial charge >= 0.3 is 5.97 Å². The molecule has 1 aromatic heterocycles. The first-order valence-electron chi connectivity index (χ1n) is 6.52. The lowest BCUT2D eigenvalue weighted by atomic mass is 10.2. The molecular formula is C14H17N3O3. The van der Waals surface area contributed by atoms with Gasteiger partial charge in [0.2, 0.25) is 5.91 Å². The van der Waals surface area contributed by atoms with Crippen LogP contribution in [0.2, 0.25) is 0 Å². The van der Waals surface area contributed by atoms with Crippen molar-refractivity contribution in [1.82, 2.24) is 14.7 Å². The van der Waals surface area contributed by atoms with Gasteiger partial charge in [0.1, 0.15) is 6.54 Å². The number of para-hydroxylation sites is 1. The monoisotopic (exact) mass is 275 g/mol. The fraction of sp³-hybridized carbons (Fsp3) is 0.357. The van der Waals surface area contributed by atoms with Crippen molar-refractivity contribution in [2.24, 2.45) is 0 Å². The van der Waals surface area contributed by atoms with Crippen molar-refractivity contribution in [3.8, 4) is 0 Å². The first-order chi connectivity index (χ1) is 9.61. The van der Waals surface area contributed by atoms with E-state index in [4.69, 9.17) is 5.11 Å². The Kier molecular flexibility index (Phi) is 4.34. The Balaban J connectivity index is 2.08. The molecule has 2 aromatic rings. The van der Waals surface area contributed by atoms with Crippen molar-refractivity contribution in [3.05, 3.63) is 30.5 Å². The molecule has 0 aliphatic rings. The van der Waals surface area contributed by atoms with E-state index < -0.39 is 5.97 Å². The number of rotatable bonds is 6. The number of carboxylic acids is 1. The maximum Gasteiger partial charge on any atom is 0.305 e. The molecular weight excluding hydrogens is 258 g/mol. The Morgan fingerprint density at radius 3 is 2.80 bits per heavy atom. The van der Waals surface area contributed by atoms with Crippen LogP contribution in [-0.4, -0.2) is 44.8 Å². The smallest absolute Gasteiger partial charge is 0.305 e. The van der Waals surface area contributed by atoms with Gasteiger partial charge in [0.15, 0.2) is 0 Å². The maximum absolute atomic E-state index is 12.2. The van der Waals surface area contributed by atoms with Gasteiger partial charge in [-0.25, -0.2) is 0 Å². The minimum absolute atomic E-state index is 0.0422. The van der Waals surface area contributed by atoms with Gasteiger partial charge in [-0.2, -0.15) is 5.10 Å². The Hall–Kier alpha value is -2.37. The SMILES string of the molecule is CCN(CCC(=O)O)C(=O)Cn1ncc2ccccc21. The first kappa shape index (κ1) is 14.0. The number of hydrogen-bond acceptors (Lipinski definition) is 3. The summed E-state index contributed by atoms with van der Waals surface area (Å²) in [5.74, 6) is -1.02. The number of carbonyl (C=O) groups is 2. The Bertz CT molecular complexity index is 621. The summed E-state index contributed by atoms with van der Waals surface area (Å²) in [4.78, 5) is 24.3. The highest BCUT2D eigenvalue weighted by Gasteiger charge is 2.15. The molecule has 1 amide bonds. The molecule has 0 saturated carbocycles. The van der Waals surface area contributed by atoms with Crippen LogP contribution in [0.15, 0.2) is 30.5 Å². The summed E-state index contributed by atoms with van der Waals surface area (Å²) in [5, 5.41) is 13.9. The summed E-state index contributed by atoms with van der Waals surface area (Å²) in [7, 11) is 0. The van der Waals surface area contributed by atoms with E-state index in [9.17, 15) is 9.59 Å². The van der Waals surface area contributed by atoms with Crippen molar-refractivity contribution < 1.29 is 14.7 Å². The summed E-state index contributed by atoms with van der Waals surface area (Å²) in [6, 6.07) is 7.66. The topological polar surface area (TPSA) is 75.4 Å². The van der Waals surface area contributed by atoms with Gasteiger partial charge < -0.3 is 10.0 Å². The van der Waals surface area contributed by atoms with Crippen LogP contribution in [0.5, 0.6) is 0 Å². The highest BCUT2D eigenvalue weighted by molar-refractivity contribution is 5.82. The number of hydrogen-bond donors (Lipinski definition) is 1. The van der Waals surface area contributed by atoms with Crippen molar-refractivity contribution in [1.29, 1.82) is 0 Å². The standard InChI is InChI=1S/C14H17N3O3/c1-2-16(8-7-14(19)20)13(18)10-17-12-6-4-3-5-11(12)9-15-17/h3-6,9H,2,7-8,10H2,1H3,(H,19,20). The third-order valence-corrected chi connectivity index (χ3v) is 3.17. The van der Waals surface area contributed by atoms with Crippen molar-refractivity contribution >= 4 is 22.8 Å². The van der Waals surface area contributed by atoms with Gasteiger partial charge in [0.05, 0.1) is 18.1 Å². The normalized spacial score (nSPS) is 10.7. The molecule has 1 aromatic carbocycles. The van der Waals surface area contributed by atoms with E-state index in [1.807, 2.05) is 31.2 Å². The lowest BCUT2D eigenvalue weighted by Crippen LogP contribution is -2.35. The molecule has 6 heteroatoms. The summed E-state index contributed by atoms with van der Waals surface area (Å²) in [5.41, 5.74) is 0.898. The molecule has 0 bridgehead atoms. The van der Waals surface area contributed by atoms with Crippen LogP contribution < -0.4 is 0 Å². The quantitative estimate of drug-likeness (QED) is 0.863. The molecule has 106 valence electrons. The average molecular weight is 275 g/mol. The van der Waals surface area contributed by atoms with E-state index in [0.29, 0.717) is 6.54 Å². The number of benzene rings is 1. The van der Waals surface area contributed by atoms with Crippen LogP contribution in [0.3, 0.4) is 0 Å². The number of amides is 1. The summed E-state index contributed by atoms with van der Waals surface area (Å²) >= 11 is 0. The van der Waals surface area contributed by atoms with Gasteiger partial charge in [0.25, 0.3) is 0 Å². The second-order valence-electron chi connectivity index (χ2n) is 4.48. The molecule has 0 aliphatic carbocycles. The molecule has 0 unspecified atom stereocenters. The number of carbonyl (C=O) groups excluding carboxylic acids is 1. The number of likely N-dealkylation sites (N-methyl/N-ethyl adjacent to an activating group) is 1. The largest absolute Gasteiger partial charge is 0.481 e. The van der Waals surface area contributed by atoms with E-state index in [-0.39, 0.29) is 25.4 Å². The van der Waals surface area contributed by atoms with Gasteiger partial charge in [-0.3, -0.25) is 14.3 Å². The van der Waals surface area contributed by atoms with E-state index in [2.05, 4.69) is 5.10 Å². The maximum atomic E-state index is 12.2. The lowest BCUT2D eigenvalue weighted by molar-refractivity contribution is -0.138. The highest BCUT2D eigenvalue weighted by Crippen LogP contribution is 2.12. The Morgan fingerprint density at radius 2 is 2.10 bits per heavy atom. The zero-order valence-corrected chi connectivity index (χ0v) is 11.3. The van der Waals surface area contributed by atoms with Crippen molar-refractivity contribution in [2.45, 2.75) is 19.9 Å². The molecule has 2 rings (SSSR count). The Morgan fingerprint density at radius 1 is 1.35 bits per heavy atom. The van der Waals surface area contributed by atoms with Crippen molar-refractivity contribution in [2.75, 3.05) is 13.1 Å². The second-order valence-corrected chi connectivity index (χ2v) is 4.48. The molecule has 0 spiro atoms. The van der Waals surface area contributed by atoms with E-state index in [1.165, 1.54) is 4.90 Å². The number of fused-ring (bicyclic) bond motifs is 1. The minimum atomic E-state index is -0.902. The van der Waals surface area contributed by atoms with E-state index >= 15 is 0 Å². The third-order valence-electron chi connectivity index (χ3n) is 3.17. The minimum Gasteiger partial charge on any atom is -0.481 e. The predicted molar refractivity (Wildman–Crippen MR) is 74.2 cm³/mol. The zero-order valence-electron chi connectivity index (χ0n) is 11.3. The molecule has 6 nitrogen and oxygen atoms in total. The van der Waals surface area contributed by atoms with Crippen LogP contribution in [0, 0.1) is 0 Å². The molecule has 1 N–H and O–H groups in total. The van der Waals surface area contributed by atoms with E-state index in [1.54, 1.807) is 10.9 Å². The molecule has 20 heavy (non-hydrogen) atoms. The van der Waals surface area contributed by atoms with Crippen LogP contribution in [0.1, 0.15) is 13.3 Å². The van der Waals surface area contributed by atoms with Crippen LogP contribution in [-0.2, 0) is 16.1 Å². The van der Waals surface area contributed by atoms with Gasteiger partial charge in [-0.15, -0.1) is 0 Å². The number of aliphatic carboxylic acids is 1. The highest BCUT2D eigenvalue weighted by atomic mass is 16.4. The first-order valence-corrected chi connectivity index (χ1v) is 6.52. The second kappa shape index (κ2) is 6.18. The number of carboxylic acid groups (broad SMARTS) is 1. The summed E-state index contributed by atoms with van der Waals surface area (Å²) < 4.78 is 1.64. The molecule has 0 atom stereocenters. The predicted octanol–water partition coefficient (Wildman–Crippen LogP) is 1.36. The number of aromatic nitrogens is 2. The molecule has 0 fully saturated rings. The molecule has 0 radical (unpaired) electrons. The number of nitrogens with zero attached hydrogens (tertiary/aromatic N) is 3. The summed E-state index contributed by atoms with van der Waals surface area (Å²) in [6.07, 6.45) is 1.68. The van der Waals surface area contributed by atoms with Gasteiger partial charge in [-0.05, 0) is 13.0 Å². The van der Waals surface area contributed by atoms with Gasteiger partial charge in [0, 0.05) is 18.5 Å². The van der Waals surface area contributed by atoms with E-state index in [0.717, 1.165) is 10.9 Å². The average Bonchev–Trinajstić information content (AvgIpc) is 2.83. The van der Waals surface area contributed by atoms with Crippen LogP contribution in [0.25, 0.3) is 10.9 Å². The third kappa shape index (κ3) is 3.14. The lowest BCUT2D eigenvalue weighted by Gasteiger charge is -2.20. The molecule has 0 saturated heterocycles. The Labute approximate surface area is 116 Å². The van der Waals surface area contributed by atoms with Crippen molar-refractivity contribution in [3.63, 3.8) is 0 Å².